The average molecular weight is 313 g/mol. The van der Waals surface area contributed by atoms with Crippen molar-refractivity contribution in [1.82, 2.24) is 0 Å². The summed E-state index contributed by atoms with van der Waals surface area (Å²) in [4.78, 5) is 53.2. The predicted octanol–water partition coefficient (Wildman–Crippen LogP) is -6.79. The minimum Gasteiger partial charge on any atom is -0.464 e. The van der Waals surface area contributed by atoms with Crippen molar-refractivity contribution >= 4 is 43.0 Å². The van der Waals surface area contributed by atoms with Gasteiger partial charge in [-0.2, -0.15) is 0 Å². The van der Waals surface area contributed by atoms with E-state index in [1.165, 1.54) is 0 Å². The highest BCUT2D eigenvalue weighted by atomic mass is 28.5. The fourth-order valence-corrected chi connectivity index (χ4v) is 6.76. The topological polar surface area (TPSA) is 221 Å². The second-order valence-electron chi connectivity index (χ2n) is 2.18. The molecule has 12 nitrogen and oxygen atoms in total. The molecule has 1 rings (SSSR count). The lowest BCUT2D eigenvalue weighted by atomic mass is 15.5. The quantitative estimate of drug-likeness (QED) is 0.232. The Hall–Kier alpha value is 0.703. The van der Waals surface area contributed by atoms with Gasteiger partial charge in [-0.05, 0) is 0 Å². The van der Waals surface area contributed by atoms with E-state index in [0.717, 1.165) is 0 Å². The molecule has 1 saturated heterocycles. The number of hydrogen-bond donors (Lipinski definition) is 6. The molecule has 0 aliphatic carbocycles. The Balaban J connectivity index is 0. The van der Waals surface area contributed by atoms with Crippen LogP contribution in [0, 0.1) is 0 Å². The maximum atomic E-state index is 8.88. The third kappa shape index (κ3) is 6.44. The molecule has 1 aliphatic rings. The molecule has 0 amide bonds. The van der Waals surface area contributed by atoms with E-state index in [2.05, 4.69) is 15.2 Å². The summed E-state index contributed by atoms with van der Waals surface area (Å²) in [5, 5.41) is 0. The highest BCUT2D eigenvalue weighted by molar-refractivity contribution is 6.75. The molecule has 0 aromatic carbocycles. The molecule has 0 unspecified atom stereocenters. The summed E-state index contributed by atoms with van der Waals surface area (Å²) < 4.78 is 16.2. The lowest BCUT2D eigenvalue weighted by molar-refractivity contribution is -0.00231. The largest absolute Gasteiger partial charge is 0.662 e. The average Bonchev–Trinajstić information content (AvgIpc) is 1.75. The highest BCUT2D eigenvalue weighted by Gasteiger charge is 2.59. The number of hydrogen-bond acceptors (Lipinski definition) is 10. The molecule has 97 valence electrons. The van der Waals surface area contributed by atoms with Crippen LogP contribution in [0.1, 0.15) is 0 Å². The van der Waals surface area contributed by atoms with Gasteiger partial charge in [0.15, 0.2) is 0 Å². The van der Waals surface area contributed by atoms with Crippen LogP contribution in [0.5, 0.6) is 0 Å². The molecular weight excluding hydrogens is 303 g/mol. The molecule has 1 fully saturated rings. The molecule has 0 aromatic heterocycles. The van der Waals surface area contributed by atoms with Crippen LogP contribution in [0.2, 0.25) is 0 Å². The third-order valence-corrected chi connectivity index (χ3v) is 8.42. The summed E-state index contributed by atoms with van der Waals surface area (Å²) in [5.74, 6) is 0. The summed E-state index contributed by atoms with van der Waals surface area (Å²) >= 11 is -1.64. The maximum Gasteiger partial charge on any atom is 0.662 e. The first-order valence-electron chi connectivity index (χ1n) is 3.04. The zero-order chi connectivity index (χ0) is 11.0. The van der Waals surface area contributed by atoms with E-state index in [1.807, 2.05) is 0 Å². The van der Waals surface area contributed by atoms with Crippen LogP contribution in [0.3, 0.4) is 0 Å². The van der Waals surface area contributed by atoms with Crippen LogP contribution in [-0.4, -0.2) is 82.8 Å². The van der Waals surface area contributed by atoms with Crippen LogP contribution < -0.4 is 0 Å². The molecule has 16 heteroatoms. The lowest BCUT2D eigenvalue weighted by Gasteiger charge is -2.30. The molecule has 10 N–H and O–H groups in total. The van der Waals surface area contributed by atoms with Gasteiger partial charge in [-0.1, -0.05) is 0 Å². The Kier molecular flexibility index (Phi) is 7.19. The van der Waals surface area contributed by atoms with E-state index in [0.29, 0.717) is 0 Å². The molecular formula is H10AlO12Si3. The molecule has 1 heterocycles. The zero-order valence-electron chi connectivity index (χ0n) is 7.39. The van der Waals surface area contributed by atoms with E-state index >= 15 is 0 Å². The molecule has 16 heavy (non-hydrogen) atoms. The Morgan fingerprint density at radius 1 is 0.625 bits per heavy atom. The molecule has 1 radical (unpaired) electrons. The van der Waals surface area contributed by atoms with Crippen LogP contribution >= 0.6 is 0 Å². The molecule has 0 aromatic rings. The van der Waals surface area contributed by atoms with Gasteiger partial charge in [0.2, 0.25) is 0 Å². The van der Waals surface area contributed by atoms with Gasteiger partial charge in [-0.15, -0.1) is 0 Å². The van der Waals surface area contributed by atoms with Crippen molar-refractivity contribution in [2.24, 2.45) is 0 Å². The fraction of sp³-hybridized carbons (Fsp3) is 0. The van der Waals surface area contributed by atoms with Crippen molar-refractivity contribution in [3.8, 4) is 0 Å². The third-order valence-electron chi connectivity index (χ3n) is 0.935. The van der Waals surface area contributed by atoms with E-state index in [4.69, 9.17) is 28.8 Å². The summed E-state index contributed by atoms with van der Waals surface area (Å²) in [5.41, 5.74) is 0. The van der Waals surface area contributed by atoms with Gasteiger partial charge in [0.05, 0.1) is 0 Å². The van der Waals surface area contributed by atoms with Gasteiger partial charge < -0.3 is 54.9 Å². The van der Waals surface area contributed by atoms with Crippen LogP contribution in [0.4, 0.5) is 0 Å². The van der Waals surface area contributed by atoms with Crippen LogP contribution in [0.15, 0.2) is 0 Å². The predicted molar refractivity (Wildman–Crippen MR) is 47.9 cm³/mol. The van der Waals surface area contributed by atoms with Crippen LogP contribution in [0.25, 0.3) is 0 Å². The maximum absolute atomic E-state index is 8.88. The van der Waals surface area contributed by atoms with Gasteiger partial charge in [0, 0.05) is 0 Å². The second kappa shape index (κ2) is 6.04. The second-order valence-corrected chi connectivity index (χ2v) is 9.18. The first-order valence-corrected chi connectivity index (χ1v) is 9.11. The van der Waals surface area contributed by atoms with Gasteiger partial charge in [0.1, 0.15) is 0 Å². The molecule has 0 saturated carbocycles. The first kappa shape index (κ1) is 19.1. The van der Waals surface area contributed by atoms with E-state index in [1.54, 1.807) is 0 Å². The Labute approximate surface area is 98.3 Å². The lowest BCUT2D eigenvalue weighted by Crippen LogP contribution is -2.65. The molecule has 0 spiro atoms. The normalized spacial score (nSPS) is 26.1. The molecule has 0 atom stereocenters. The summed E-state index contributed by atoms with van der Waals surface area (Å²) in [7, 11) is -14.5. The summed E-state index contributed by atoms with van der Waals surface area (Å²) in [6.07, 6.45) is 0. The van der Waals surface area contributed by atoms with Crippen molar-refractivity contribution < 1.29 is 54.9 Å². The zero-order valence-corrected chi connectivity index (χ0v) is 11.5. The Bertz CT molecular complexity index is 192. The highest BCUT2D eigenvalue weighted by Crippen LogP contribution is 2.14. The minimum atomic E-state index is -5.06. The molecule has 1 aliphatic heterocycles. The van der Waals surface area contributed by atoms with Gasteiger partial charge in [-0.3, -0.25) is 0 Å². The monoisotopic (exact) mass is 313 g/mol. The minimum absolute atomic E-state index is 0. The SMILES string of the molecule is O.O.O[Si]1(O)[O][Al][O][Si](O)(O)O[Si](O)(O)O1. The first-order chi connectivity index (χ1) is 6.12. The number of rotatable bonds is 0. The van der Waals surface area contributed by atoms with Crippen LogP contribution in [-0.2, 0) is 15.2 Å². The summed E-state index contributed by atoms with van der Waals surface area (Å²) in [6.45, 7) is 0. The van der Waals surface area contributed by atoms with Gasteiger partial charge in [-0.25, -0.2) is 0 Å². The van der Waals surface area contributed by atoms with Crippen molar-refractivity contribution in [1.29, 1.82) is 0 Å². The smallest absolute Gasteiger partial charge is 0.464 e. The van der Waals surface area contributed by atoms with Crippen molar-refractivity contribution in [3.63, 3.8) is 0 Å². The standard InChI is InChI=1S/Al.H6O10Si3.2H2O/c;1-11(2,3)9-13(7,8)10-12(4,5)6;;/h;1-2,4-5,7-8H;2*1H2/q+2;-2;;. The van der Waals surface area contributed by atoms with E-state index < -0.39 is 43.0 Å². The molecule has 0 bridgehead atoms. The van der Waals surface area contributed by atoms with Gasteiger partial charge in [0.25, 0.3) is 0 Å². The van der Waals surface area contributed by atoms with Crippen molar-refractivity contribution in [2.45, 2.75) is 0 Å². The van der Waals surface area contributed by atoms with Gasteiger partial charge >= 0.3 is 43.0 Å². The van der Waals surface area contributed by atoms with E-state index in [9.17, 15) is 0 Å². The van der Waals surface area contributed by atoms with E-state index in [-0.39, 0.29) is 11.0 Å². The Morgan fingerprint density at radius 3 is 1.25 bits per heavy atom. The Morgan fingerprint density at radius 2 is 0.938 bits per heavy atom. The summed E-state index contributed by atoms with van der Waals surface area (Å²) in [6, 6.07) is 0. The van der Waals surface area contributed by atoms with Crippen molar-refractivity contribution in [2.75, 3.05) is 0 Å². The van der Waals surface area contributed by atoms with Crippen molar-refractivity contribution in [3.05, 3.63) is 0 Å². The fourth-order valence-electron chi connectivity index (χ4n) is 0.565.